The number of methoxy groups -OCH3 is 1. The predicted molar refractivity (Wildman–Crippen MR) is 71.7 cm³/mol. The molecule has 2 rings (SSSR count). The number of nitriles is 1. The molecule has 1 aromatic heterocycles. The SMILES string of the molecule is COc1c(C)cc(Cl)cc1-c1c[nH]c(N)c1C#N. The molecule has 1 aromatic carbocycles. The molecule has 0 atom stereocenters. The number of nitrogens with two attached hydrogens (primary N) is 1. The van der Waals surface area contributed by atoms with Gasteiger partial charge in [-0.3, -0.25) is 0 Å². The summed E-state index contributed by atoms with van der Waals surface area (Å²) in [6.45, 7) is 1.90. The maximum absolute atomic E-state index is 9.13. The fourth-order valence-corrected chi connectivity index (χ4v) is 2.25. The molecule has 3 N–H and O–H groups in total. The second kappa shape index (κ2) is 4.63. The van der Waals surface area contributed by atoms with Gasteiger partial charge in [0.05, 0.1) is 7.11 Å². The second-order valence-corrected chi connectivity index (χ2v) is 4.34. The number of rotatable bonds is 2. The number of aromatic nitrogens is 1. The van der Waals surface area contributed by atoms with E-state index in [1.165, 1.54) is 0 Å². The van der Waals surface area contributed by atoms with Gasteiger partial charge < -0.3 is 15.5 Å². The van der Waals surface area contributed by atoms with Crippen LogP contribution in [-0.2, 0) is 0 Å². The Labute approximate surface area is 110 Å². The number of nitrogens with zero attached hydrogens (tertiary/aromatic N) is 1. The van der Waals surface area contributed by atoms with Crippen molar-refractivity contribution in [3.8, 4) is 22.9 Å². The molecule has 0 aliphatic carbocycles. The predicted octanol–water partition coefficient (Wildman–Crippen LogP) is 3.11. The van der Waals surface area contributed by atoms with Gasteiger partial charge in [-0.05, 0) is 24.6 Å². The van der Waals surface area contributed by atoms with E-state index in [9.17, 15) is 0 Å². The number of aryl methyl sites for hydroxylation is 1. The van der Waals surface area contributed by atoms with E-state index in [2.05, 4.69) is 11.1 Å². The molecule has 4 nitrogen and oxygen atoms in total. The van der Waals surface area contributed by atoms with Crippen LogP contribution < -0.4 is 10.5 Å². The Balaban J connectivity index is 2.75. The summed E-state index contributed by atoms with van der Waals surface area (Å²) >= 11 is 6.05. The normalized spacial score (nSPS) is 10.1. The van der Waals surface area contributed by atoms with Crippen LogP contribution in [0.5, 0.6) is 5.75 Å². The van der Waals surface area contributed by atoms with Gasteiger partial charge in [0.25, 0.3) is 0 Å². The fourth-order valence-electron chi connectivity index (χ4n) is 1.97. The molecule has 0 spiro atoms. The third-order valence-electron chi connectivity index (χ3n) is 2.76. The van der Waals surface area contributed by atoms with Gasteiger partial charge in [-0.2, -0.15) is 5.26 Å². The molecule has 0 aliphatic rings. The lowest BCUT2D eigenvalue weighted by Gasteiger charge is -2.11. The highest BCUT2D eigenvalue weighted by molar-refractivity contribution is 6.31. The van der Waals surface area contributed by atoms with E-state index in [4.69, 9.17) is 27.3 Å². The molecule has 0 aliphatic heterocycles. The summed E-state index contributed by atoms with van der Waals surface area (Å²) in [4.78, 5) is 2.83. The lowest BCUT2D eigenvalue weighted by Crippen LogP contribution is -1.93. The van der Waals surface area contributed by atoms with Crippen LogP contribution >= 0.6 is 11.6 Å². The van der Waals surface area contributed by atoms with Crippen molar-refractivity contribution in [2.75, 3.05) is 12.8 Å². The van der Waals surface area contributed by atoms with Crippen molar-refractivity contribution in [1.82, 2.24) is 4.98 Å². The van der Waals surface area contributed by atoms with Crippen molar-refractivity contribution in [3.05, 3.63) is 34.5 Å². The molecule has 5 heteroatoms. The zero-order chi connectivity index (χ0) is 13.3. The maximum Gasteiger partial charge on any atom is 0.129 e. The average molecular weight is 262 g/mol. The van der Waals surface area contributed by atoms with E-state index in [0.29, 0.717) is 27.7 Å². The van der Waals surface area contributed by atoms with Crippen LogP contribution in [0.1, 0.15) is 11.1 Å². The molecule has 0 radical (unpaired) electrons. The number of anilines is 1. The average Bonchev–Trinajstić information content (AvgIpc) is 2.69. The molecular weight excluding hydrogens is 250 g/mol. The Morgan fingerprint density at radius 2 is 2.11 bits per heavy atom. The minimum atomic E-state index is 0.340. The number of nitrogen functional groups attached to an aromatic ring is 1. The first kappa shape index (κ1) is 12.3. The lowest BCUT2D eigenvalue weighted by atomic mass is 10.0. The quantitative estimate of drug-likeness (QED) is 0.872. The molecule has 2 aromatic rings. The standard InChI is InChI=1S/C13H12ClN3O/c1-7-3-8(14)4-9(12(7)18-2)11-6-17-13(16)10(11)5-15/h3-4,6,17H,16H2,1-2H3. The van der Waals surface area contributed by atoms with Crippen molar-refractivity contribution in [3.63, 3.8) is 0 Å². The monoisotopic (exact) mass is 261 g/mol. The van der Waals surface area contributed by atoms with Crippen LogP contribution in [0.15, 0.2) is 18.3 Å². The topological polar surface area (TPSA) is 74.8 Å². The van der Waals surface area contributed by atoms with E-state index < -0.39 is 0 Å². The highest BCUT2D eigenvalue weighted by Crippen LogP contribution is 2.38. The van der Waals surface area contributed by atoms with Gasteiger partial charge in [0, 0.05) is 22.3 Å². The molecule has 18 heavy (non-hydrogen) atoms. The van der Waals surface area contributed by atoms with Crippen LogP contribution in [0.4, 0.5) is 5.82 Å². The van der Waals surface area contributed by atoms with Crippen LogP contribution in [-0.4, -0.2) is 12.1 Å². The third-order valence-corrected chi connectivity index (χ3v) is 2.97. The number of nitrogens with one attached hydrogen (secondary N) is 1. The van der Waals surface area contributed by atoms with E-state index in [0.717, 1.165) is 11.1 Å². The summed E-state index contributed by atoms with van der Waals surface area (Å²) in [5.41, 5.74) is 8.46. The lowest BCUT2D eigenvalue weighted by molar-refractivity contribution is 0.413. The number of hydrogen-bond donors (Lipinski definition) is 2. The van der Waals surface area contributed by atoms with Crippen molar-refractivity contribution >= 4 is 17.4 Å². The Morgan fingerprint density at radius 1 is 1.39 bits per heavy atom. The zero-order valence-electron chi connectivity index (χ0n) is 10.0. The number of halogens is 1. The molecule has 0 bridgehead atoms. The van der Waals surface area contributed by atoms with Crippen molar-refractivity contribution in [2.45, 2.75) is 6.92 Å². The fraction of sp³-hybridized carbons (Fsp3) is 0.154. The molecule has 0 saturated carbocycles. The van der Waals surface area contributed by atoms with Crippen LogP contribution in [0.3, 0.4) is 0 Å². The molecule has 0 fully saturated rings. The van der Waals surface area contributed by atoms with Gasteiger partial charge in [-0.15, -0.1) is 0 Å². The van der Waals surface area contributed by atoms with Crippen LogP contribution in [0, 0.1) is 18.3 Å². The molecule has 0 unspecified atom stereocenters. The highest BCUT2D eigenvalue weighted by atomic mass is 35.5. The second-order valence-electron chi connectivity index (χ2n) is 3.91. The summed E-state index contributed by atoms with van der Waals surface area (Å²) in [6.07, 6.45) is 1.68. The summed E-state index contributed by atoms with van der Waals surface area (Å²) in [7, 11) is 1.59. The molecule has 92 valence electrons. The highest BCUT2D eigenvalue weighted by Gasteiger charge is 2.16. The number of benzene rings is 1. The third kappa shape index (κ3) is 1.89. The van der Waals surface area contributed by atoms with Crippen molar-refractivity contribution < 1.29 is 4.74 Å². The van der Waals surface area contributed by atoms with Crippen molar-refractivity contribution in [2.24, 2.45) is 0 Å². The summed E-state index contributed by atoms with van der Waals surface area (Å²) < 4.78 is 5.37. The van der Waals surface area contributed by atoms with Gasteiger partial charge in [0.2, 0.25) is 0 Å². The van der Waals surface area contributed by atoms with E-state index in [-0.39, 0.29) is 0 Å². The summed E-state index contributed by atoms with van der Waals surface area (Å²) in [5, 5.41) is 9.72. The molecular formula is C13H12ClN3O. The Morgan fingerprint density at radius 3 is 2.72 bits per heavy atom. The summed E-state index contributed by atoms with van der Waals surface area (Å²) in [5.74, 6) is 1.03. The Hall–Kier alpha value is -2.12. The van der Waals surface area contributed by atoms with Gasteiger partial charge in [0.1, 0.15) is 23.2 Å². The Kier molecular flexibility index (Phi) is 3.17. The molecule has 1 heterocycles. The van der Waals surface area contributed by atoms with Crippen LogP contribution in [0.2, 0.25) is 5.02 Å². The first-order valence-corrected chi connectivity index (χ1v) is 5.67. The molecule has 0 amide bonds. The minimum Gasteiger partial charge on any atom is -0.496 e. The maximum atomic E-state index is 9.13. The number of H-pyrrole nitrogens is 1. The van der Waals surface area contributed by atoms with Gasteiger partial charge in [-0.25, -0.2) is 0 Å². The first-order chi connectivity index (χ1) is 8.58. The smallest absolute Gasteiger partial charge is 0.129 e. The Bertz CT molecular complexity index is 640. The van der Waals surface area contributed by atoms with E-state index in [1.54, 1.807) is 19.4 Å². The summed E-state index contributed by atoms with van der Waals surface area (Å²) in [6, 6.07) is 5.65. The first-order valence-electron chi connectivity index (χ1n) is 5.30. The minimum absolute atomic E-state index is 0.340. The van der Waals surface area contributed by atoms with Gasteiger partial charge in [-0.1, -0.05) is 11.6 Å². The van der Waals surface area contributed by atoms with E-state index >= 15 is 0 Å². The van der Waals surface area contributed by atoms with Gasteiger partial charge >= 0.3 is 0 Å². The van der Waals surface area contributed by atoms with Crippen LogP contribution in [0.25, 0.3) is 11.1 Å². The van der Waals surface area contributed by atoms with Gasteiger partial charge in [0.15, 0.2) is 0 Å². The zero-order valence-corrected chi connectivity index (χ0v) is 10.8. The van der Waals surface area contributed by atoms with Crippen molar-refractivity contribution in [1.29, 1.82) is 5.26 Å². The van der Waals surface area contributed by atoms with E-state index in [1.807, 2.05) is 13.0 Å². The number of aromatic amines is 1. The molecule has 0 saturated heterocycles. The number of ether oxygens (including phenoxy) is 1. The number of hydrogen-bond acceptors (Lipinski definition) is 3. The largest absolute Gasteiger partial charge is 0.496 e.